The van der Waals surface area contributed by atoms with Crippen LogP contribution in [0.25, 0.3) is 0 Å². The normalized spacial score (nSPS) is 19.7. The highest BCUT2D eigenvalue weighted by Crippen LogP contribution is 2.19. The van der Waals surface area contributed by atoms with E-state index >= 15 is 0 Å². The summed E-state index contributed by atoms with van der Waals surface area (Å²) in [6.45, 7) is 5.36. The van der Waals surface area contributed by atoms with Gasteiger partial charge in [-0.3, -0.25) is 9.69 Å². The van der Waals surface area contributed by atoms with Crippen molar-refractivity contribution in [1.82, 2.24) is 9.80 Å². The molecule has 2 rings (SSSR count). The Kier molecular flexibility index (Phi) is 5.76. The van der Waals surface area contributed by atoms with Crippen LogP contribution in [-0.4, -0.2) is 62.0 Å². The molecule has 0 aliphatic carbocycles. The minimum absolute atomic E-state index is 0.0521. The molecule has 1 unspecified atom stereocenters. The molecule has 0 amide bonds. The van der Waals surface area contributed by atoms with Crippen LogP contribution in [0.15, 0.2) is 24.3 Å². The van der Waals surface area contributed by atoms with Crippen LogP contribution in [0.2, 0.25) is 0 Å². The second-order valence-corrected chi connectivity index (χ2v) is 5.96. The van der Waals surface area contributed by atoms with Crippen LogP contribution in [0.1, 0.15) is 30.1 Å². The van der Waals surface area contributed by atoms with Crippen molar-refractivity contribution in [2.24, 2.45) is 0 Å². The summed E-state index contributed by atoms with van der Waals surface area (Å²) in [6.07, 6.45) is 2.52. The quantitative estimate of drug-likeness (QED) is 0.753. The highest BCUT2D eigenvalue weighted by molar-refractivity contribution is 5.96. The van der Waals surface area contributed by atoms with Gasteiger partial charge >= 0.3 is 0 Å². The van der Waals surface area contributed by atoms with Gasteiger partial charge in [-0.2, -0.15) is 0 Å². The molecule has 0 aromatic heterocycles. The lowest BCUT2D eigenvalue weighted by atomic mass is 10.1. The number of likely N-dealkylation sites (tertiary alicyclic amines) is 1. The number of carbonyl (C=O) groups is 1. The summed E-state index contributed by atoms with van der Waals surface area (Å²) in [5.41, 5.74) is 0.669. The molecule has 1 aromatic rings. The fourth-order valence-electron chi connectivity index (χ4n) is 2.82. The number of hydrogen-bond acceptors (Lipinski definition) is 4. The van der Waals surface area contributed by atoms with E-state index in [1.807, 2.05) is 24.3 Å². The van der Waals surface area contributed by atoms with Gasteiger partial charge in [0.2, 0.25) is 0 Å². The Morgan fingerprint density at radius 2 is 2.14 bits per heavy atom. The molecule has 0 radical (unpaired) electrons. The predicted molar refractivity (Wildman–Crippen MR) is 85.1 cm³/mol. The highest BCUT2D eigenvalue weighted by Gasteiger charge is 2.21. The van der Waals surface area contributed by atoms with Gasteiger partial charge in [0, 0.05) is 19.1 Å². The number of ketones is 1. The van der Waals surface area contributed by atoms with Gasteiger partial charge in [0.1, 0.15) is 12.4 Å². The van der Waals surface area contributed by atoms with E-state index in [-0.39, 0.29) is 5.78 Å². The third kappa shape index (κ3) is 4.55. The number of benzene rings is 1. The van der Waals surface area contributed by atoms with Crippen LogP contribution in [0.4, 0.5) is 0 Å². The maximum Gasteiger partial charge on any atom is 0.163 e. The molecule has 1 aromatic carbocycles. The Morgan fingerprint density at radius 1 is 1.38 bits per heavy atom. The zero-order valence-corrected chi connectivity index (χ0v) is 13.3. The monoisotopic (exact) mass is 290 g/mol. The minimum atomic E-state index is 0.0521. The number of rotatable bonds is 6. The van der Waals surface area contributed by atoms with Crippen molar-refractivity contribution >= 4 is 5.78 Å². The summed E-state index contributed by atoms with van der Waals surface area (Å²) in [5, 5.41) is 0. The van der Waals surface area contributed by atoms with Crippen molar-refractivity contribution in [3.63, 3.8) is 0 Å². The average molecular weight is 290 g/mol. The van der Waals surface area contributed by atoms with E-state index in [2.05, 4.69) is 23.9 Å². The minimum Gasteiger partial charge on any atom is -0.491 e. The summed E-state index contributed by atoms with van der Waals surface area (Å²) < 4.78 is 5.82. The number of para-hydroxylation sites is 1. The Morgan fingerprint density at radius 3 is 2.86 bits per heavy atom. The van der Waals surface area contributed by atoms with Gasteiger partial charge < -0.3 is 9.64 Å². The summed E-state index contributed by atoms with van der Waals surface area (Å²) in [4.78, 5) is 16.3. The first-order valence-electron chi connectivity index (χ1n) is 7.69. The van der Waals surface area contributed by atoms with Gasteiger partial charge in [-0.05, 0) is 52.5 Å². The van der Waals surface area contributed by atoms with Gasteiger partial charge in [-0.25, -0.2) is 0 Å². The van der Waals surface area contributed by atoms with E-state index in [4.69, 9.17) is 4.74 Å². The lowest BCUT2D eigenvalue weighted by Gasteiger charge is -2.36. The van der Waals surface area contributed by atoms with Crippen LogP contribution < -0.4 is 4.74 Å². The first-order chi connectivity index (χ1) is 10.1. The molecule has 0 saturated carbocycles. The third-order valence-electron chi connectivity index (χ3n) is 4.14. The lowest BCUT2D eigenvalue weighted by Crippen LogP contribution is -2.46. The van der Waals surface area contributed by atoms with Gasteiger partial charge in [-0.15, -0.1) is 0 Å². The SMILES string of the molecule is CC(=O)c1ccccc1OCCN1CCCC(N(C)C)C1. The zero-order chi connectivity index (χ0) is 15.2. The van der Waals surface area contributed by atoms with E-state index in [1.54, 1.807) is 6.92 Å². The summed E-state index contributed by atoms with van der Waals surface area (Å²) in [5.74, 6) is 0.752. The van der Waals surface area contributed by atoms with Crippen LogP contribution >= 0.6 is 0 Å². The van der Waals surface area contributed by atoms with Crippen molar-refractivity contribution in [3.05, 3.63) is 29.8 Å². The third-order valence-corrected chi connectivity index (χ3v) is 4.14. The smallest absolute Gasteiger partial charge is 0.163 e. The summed E-state index contributed by atoms with van der Waals surface area (Å²) >= 11 is 0. The number of ether oxygens (including phenoxy) is 1. The first-order valence-corrected chi connectivity index (χ1v) is 7.69. The molecule has 0 N–H and O–H groups in total. The molecule has 116 valence electrons. The number of carbonyl (C=O) groups excluding carboxylic acids is 1. The maximum atomic E-state index is 11.6. The number of nitrogens with zero attached hydrogens (tertiary/aromatic N) is 2. The van der Waals surface area contributed by atoms with Crippen molar-refractivity contribution in [2.75, 3.05) is 40.3 Å². The Hall–Kier alpha value is -1.39. The highest BCUT2D eigenvalue weighted by atomic mass is 16.5. The van der Waals surface area contributed by atoms with Crippen molar-refractivity contribution in [1.29, 1.82) is 0 Å². The predicted octanol–water partition coefficient (Wildman–Crippen LogP) is 2.29. The fourth-order valence-corrected chi connectivity index (χ4v) is 2.82. The number of likely N-dealkylation sites (N-methyl/N-ethyl adjacent to an activating group) is 1. The number of Topliss-reactive ketones (excluding diaryl/α,β-unsaturated/α-hetero) is 1. The van der Waals surface area contributed by atoms with Gasteiger partial charge in [-0.1, -0.05) is 12.1 Å². The molecule has 21 heavy (non-hydrogen) atoms. The largest absolute Gasteiger partial charge is 0.491 e. The molecular formula is C17H26N2O2. The van der Waals surface area contributed by atoms with Crippen LogP contribution in [0.3, 0.4) is 0 Å². The molecule has 1 aliphatic rings. The first kappa shape index (κ1) is 16.0. The van der Waals surface area contributed by atoms with Gasteiger partial charge in [0.05, 0.1) is 5.56 Å². The molecule has 1 fully saturated rings. The lowest BCUT2D eigenvalue weighted by molar-refractivity contribution is 0.100. The molecule has 0 bridgehead atoms. The molecule has 1 heterocycles. The van der Waals surface area contributed by atoms with E-state index < -0.39 is 0 Å². The summed E-state index contributed by atoms with van der Waals surface area (Å²) in [6, 6.07) is 8.11. The number of hydrogen-bond donors (Lipinski definition) is 0. The van der Waals surface area contributed by atoms with E-state index in [0.29, 0.717) is 24.0 Å². The summed E-state index contributed by atoms with van der Waals surface area (Å²) in [7, 11) is 4.29. The molecule has 1 atom stereocenters. The van der Waals surface area contributed by atoms with Gasteiger partial charge in [0.15, 0.2) is 5.78 Å². The molecule has 1 aliphatic heterocycles. The van der Waals surface area contributed by atoms with Crippen molar-refractivity contribution < 1.29 is 9.53 Å². The van der Waals surface area contributed by atoms with Crippen LogP contribution in [0.5, 0.6) is 5.75 Å². The molecule has 0 spiro atoms. The maximum absolute atomic E-state index is 11.6. The van der Waals surface area contributed by atoms with Crippen molar-refractivity contribution in [2.45, 2.75) is 25.8 Å². The molecule has 4 heteroatoms. The molecule has 4 nitrogen and oxygen atoms in total. The Balaban J connectivity index is 1.83. The number of piperidine rings is 1. The second-order valence-electron chi connectivity index (χ2n) is 5.96. The second kappa shape index (κ2) is 7.57. The Labute approximate surface area is 127 Å². The Bertz CT molecular complexity index is 474. The van der Waals surface area contributed by atoms with Crippen LogP contribution in [0, 0.1) is 0 Å². The topological polar surface area (TPSA) is 32.8 Å². The molecular weight excluding hydrogens is 264 g/mol. The average Bonchev–Trinajstić information content (AvgIpc) is 2.48. The van der Waals surface area contributed by atoms with E-state index in [9.17, 15) is 4.79 Å². The standard InChI is InChI=1S/C17H26N2O2/c1-14(20)16-8-4-5-9-17(16)21-12-11-19-10-6-7-15(13-19)18(2)3/h4-5,8-9,15H,6-7,10-13H2,1-3H3. The zero-order valence-electron chi connectivity index (χ0n) is 13.3. The fraction of sp³-hybridized carbons (Fsp3) is 0.588. The van der Waals surface area contributed by atoms with Gasteiger partial charge in [0.25, 0.3) is 0 Å². The van der Waals surface area contributed by atoms with E-state index in [1.165, 1.54) is 12.8 Å². The van der Waals surface area contributed by atoms with Crippen LogP contribution in [-0.2, 0) is 0 Å². The van der Waals surface area contributed by atoms with E-state index in [0.717, 1.165) is 19.6 Å². The van der Waals surface area contributed by atoms with Crippen molar-refractivity contribution in [3.8, 4) is 5.75 Å². The molecule has 1 saturated heterocycles.